The number of carbonyl (C=O) groups is 1. The Morgan fingerprint density at radius 3 is 2.23 bits per heavy atom. The number of nitrogens with two attached hydrogens (primary N) is 1. The van der Waals surface area contributed by atoms with E-state index in [4.69, 9.17) is 14.9 Å². The van der Waals surface area contributed by atoms with Crippen LogP contribution in [-0.2, 0) is 4.43 Å². The van der Waals surface area contributed by atoms with Gasteiger partial charge in [0.1, 0.15) is 11.9 Å². The molecule has 31 heavy (non-hydrogen) atoms. The molecule has 2 aromatic carbocycles. The van der Waals surface area contributed by atoms with Gasteiger partial charge in [0, 0.05) is 11.1 Å². The van der Waals surface area contributed by atoms with E-state index in [0.29, 0.717) is 16.9 Å². The number of rotatable bonds is 11. The third kappa shape index (κ3) is 5.80. The Labute approximate surface area is 184 Å². The third-order valence-electron chi connectivity index (χ3n) is 5.78. The average Bonchev–Trinajstić information content (AvgIpc) is 2.79. The standard InChI is InChI=1S/C24H31F2NO3Si/c1-5-31(6-2,7-3)30-22(20-14-10-11-15-21(20)29-4)24(25,26)17-16-18-12-8-9-13-19(18)23(27)28/h8-17,22H,5-7H2,1-4H3,(H2,27,28). The lowest BCUT2D eigenvalue weighted by Gasteiger charge is -2.36. The van der Waals surface area contributed by atoms with Crippen LogP contribution in [0, 0.1) is 0 Å². The first-order chi connectivity index (χ1) is 14.7. The first-order valence-corrected chi connectivity index (χ1v) is 13.0. The number of benzene rings is 2. The maximum Gasteiger partial charge on any atom is 0.295 e. The highest BCUT2D eigenvalue weighted by atomic mass is 28.4. The van der Waals surface area contributed by atoms with Gasteiger partial charge in [-0.1, -0.05) is 63.2 Å². The minimum atomic E-state index is -3.35. The monoisotopic (exact) mass is 447 g/mol. The number of ether oxygens (including phenoxy) is 1. The predicted octanol–water partition coefficient (Wildman–Crippen LogP) is 6.21. The van der Waals surface area contributed by atoms with Crippen LogP contribution in [0.5, 0.6) is 5.75 Å². The van der Waals surface area contributed by atoms with Crippen molar-refractivity contribution in [3.63, 3.8) is 0 Å². The lowest BCUT2D eigenvalue weighted by Crippen LogP contribution is -2.42. The van der Waals surface area contributed by atoms with Gasteiger partial charge in [-0.3, -0.25) is 4.79 Å². The Morgan fingerprint density at radius 1 is 1.06 bits per heavy atom. The highest BCUT2D eigenvalue weighted by Crippen LogP contribution is 2.43. The number of primary amides is 1. The van der Waals surface area contributed by atoms with Crippen molar-refractivity contribution < 1.29 is 22.7 Å². The fourth-order valence-corrected chi connectivity index (χ4v) is 6.42. The zero-order valence-corrected chi connectivity index (χ0v) is 19.5. The fraction of sp³-hybridized carbons (Fsp3) is 0.375. The number of hydrogen-bond acceptors (Lipinski definition) is 3. The van der Waals surface area contributed by atoms with E-state index in [1.807, 2.05) is 20.8 Å². The van der Waals surface area contributed by atoms with E-state index in [0.717, 1.165) is 24.2 Å². The zero-order chi connectivity index (χ0) is 23.1. The summed E-state index contributed by atoms with van der Waals surface area (Å²) in [6.45, 7) is 5.99. The molecule has 0 heterocycles. The van der Waals surface area contributed by atoms with E-state index in [2.05, 4.69) is 0 Å². The number of halogens is 2. The van der Waals surface area contributed by atoms with Crippen LogP contribution in [0.3, 0.4) is 0 Å². The molecule has 0 bridgehead atoms. The highest BCUT2D eigenvalue weighted by Gasteiger charge is 2.45. The molecule has 1 atom stereocenters. The van der Waals surface area contributed by atoms with Crippen molar-refractivity contribution in [1.82, 2.24) is 0 Å². The average molecular weight is 448 g/mol. The summed E-state index contributed by atoms with van der Waals surface area (Å²) in [5.74, 6) is -3.67. The molecular weight excluding hydrogens is 416 g/mol. The van der Waals surface area contributed by atoms with Gasteiger partial charge < -0.3 is 14.9 Å². The number of amides is 1. The van der Waals surface area contributed by atoms with E-state index < -0.39 is 26.3 Å². The minimum Gasteiger partial charge on any atom is -0.496 e. The quantitative estimate of drug-likeness (QED) is 0.417. The SMILES string of the molecule is CC[Si](CC)(CC)OC(c1ccccc1OC)C(F)(F)C=Cc1ccccc1C(N)=O. The van der Waals surface area contributed by atoms with Gasteiger partial charge in [-0.15, -0.1) is 0 Å². The fourth-order valence-electron chi connectivity index (χ4n) is 3.64. The molecule has 0 aromatic heterocycles. The zero-order valence-electron chi connectivity index (χ0n) is 18.5. The van der Waals surface area contributed by atoms with E-state index in [1.165, 1.54) is 19.3 Å². The number of methoxy groups -OCH3 is 1. The summed E-state index contributed by atoms with van der Waals surface area (Å²) >= 11 is 0. The summed E-state index contributed by atoms with van der Waals surface area (Å²) in [6.07, 6.45) is 0.525. The summed E-state index contributed by atoms with van der Waals surface area (Å²) in [4.78, 5) is 11.7. The van der Waals surface area contributed by atoms with E-state index >= 15 is 8.78 Å². The molecule has 0 saturated heterocycles. The molecule has 0 fully saturated rings. The Kier molecular flexibility index (Phi) is 8.53. The second kappa shape index (κ2) is 10.7. The number of para-hydroxylation sites is 1. The maximum atomic E-state index is 15.7. The van der Waals surface area contributed by atoms with Gasteiger partial charge in [-0.05, 0) is 41.9 Å². The van der Waals surface area contributed by atoms with Crippen LogP contribution in [0.15, 0.2) is 54.6 Å². The molecule has 2 aromatic rings. The van der Waals surface area contributed by atoms with Gasteiger partial charge >= 0.3 is 0 Å². The molecule has 7 heteroatoms. The largest absolute Gasteiger partial charge is 0.496 e. The van der Waals surface area contributed by atoms with Crippen molar-refractivity contribution in [3.05, 3.63) is 71.3 Å². The van der Waals surface area contributed by atoms with Crippen molar-refractivity contribution in [2.24, 2.45) is 5.73 Å². The summed E-state index contributed by atoms with van der Waals surface area (Å²) in [6, 6.07) is 15.3. The molecule has 1 unspecified atom stereocenters. The Balaban J connectivity index is 2.55. The first-order valence-electron chi connectivity index (χ1n) is 10.5. The molecule has 168 valence electrons. The molecule has 2 N–H and O–H groups in total. The van der Waals surface area contributed by atoms with Crippen LogP contribution >= 0.6 is 0 Å². The molecular formula is C24H31F2NO3Si. The molecule has 4 nitrogen and oxygen atoms in total. The normalized spacial score (nSPS) is 13.4. The van der Waals surface area contributed by atoms with Crippen molar-refractivity contribution in [1.29, 1.82) is 0 Å². The van der Waals surface area contributed by atoms with Crippen molar-refractivity contribution in [2.75, 3.05) is 7.11 Å². The van der Waals surface area contributed by atoms with Crippen LogP contribution in [-0.4, -0.2) is 27.3 Å². The van der Waals surface area contributed by atoms with Crippen molar-refractivity contribution in [2.45, 2.75) is 50.9 Å². The third-order valence-corrected chi connectivity index (χ3v) is 10.4. The molecule has 0 spiro atoms. The van der Waals surface area contributed by atoms with E-state index in [-0.39, 0.29) is 5.56 Å². The van der Waals surface area contributed by atoms with E-state index in [9.17, 15) is 4.79 Å². The van der Waals surface area contributed by atoms with Gasteiger partial charge in [0.15, 0.2) is 8.32 Å². The summed E-state index contributed by atoms with van der Waals surface area (Å²) in [7, 11) is -0.934. The van der Waals surface area contributed by atoms with Crippen LogP contribution < -0.4 is 10.5 Å². The van der Waals surface area contributed by atoms with Gasteiger partial charge in [0.05, 0.1) is 7.11 Å². The van der Waals surface area contributed by atoms with Gasteiger partial charge in [0.2, 0.25) is 5.91 Å². The predicted molar refractivity (Wildman–Crippen MR) is 123 cm³/mol. The van der Waals surface area contributed by atoms with Gasteiger partial charge in [-0.2, -0.15) is 8.78 Å². The molecule has 0 aliphatic carbocycles. The summed E-state index contributed by atoms with van der Waals surface area (Å²) in [5.41, 5.74) is 6.20. The lowest BCUT2D eigenvalue weighted by molar-refractivity contribution is -0.0635. The molecule has 1 amide bonds. The highest BCUT2D eigenvalue weighted by molar-refractivity contribution is 6.73. The maximum absolute atomic E-state index is 15.7. The summed E-state index contributed by atoms with van der Waals surface area (Å²) in [5, 5.41) is 0. The van der Waals surface area contributed by atoms with E-state index in [1.54, 1.807) is 42.5 Å². The second-order valence-electron chi connectivity index (χ2n) is 7.44. The molecule has 0 saturated carbocycles. The minimum absolute atomic E-state index is 0.184. The van der Waals surface area contributed by atoms with Gasteiger partial charge in [-0.25, -0.2) is 0 Å². The van der Waals surface area contributed by atoms with Crippen LogP contribution in [0.25, 0.3) is 6.08 Å². The molecule has 0 radical (unpaired) electrons. The van der Waals surface area contributed by atoms with Crippen LogP contribution in [0.4, 0.5) is 8.78 Å². The number of carbonyl (C=O) groups excluding carboxylic acids is 1. The Hall–Kier alpha value is -2.51. The topological polar surface area (TPSA) is 61.6 Å². The number of hydrogen-bond donors (Lipinski definition) is 1. The lowest BCUT2D eigenvalue weighted by atomic mass is 10.00. The van der Waals surface area contributed by atoms with Crippen molar-refractivity contribution in [3.8, 4) is 5.75 Å². The number of alkyl halides is 2. The Morgan fingerprint density at radius 2 is 1.65 bits per heavy atom. The van der Waals surface area contributed by atoms with Gasteiger partial charge in [0.25, 0.3) is 5.92 Å². The van der Waals surface area contributed by atoms with Crippen molar-refractivity contribution >= 4 is 20.3 Å². The first kappa shape index (κ1) is 24.8. The molecule has 0 aliphatic rings. The van der Waals surface area contributed by atoms with Crippen LogP contribution in [0.1, 0.15) is 48.4 Å². The molecule has 0 aliphatic heterocycles. The summed E-state index contributed by atoms with van der Waals surface area (Å²) < 4.78 is 43.1. The Bertz CT molecular complexity index is 905. The van der Waals surface area contributed by atoms with Crippen LogP contribution in [0.2, 0.25) is 18.1 Å². The second-order valence-corrected chi connectivity index (χ2v) is 12.2. The molecule has 2 rings (SSSR count). The smallest absolute Gasteiger partial charge is 0.295 e.